The van der Waals surface area contributed by atoms with Crippen molar-refractivity contribution >= 4 is 6.09 Å². The number of hydrogen-bond donors (Lipinski definition) is 2. The van der Waals surface area contributed by atoms with E-state index in [2.05, 4.69) is 5.10 Å². The molecule has 1 rings (SSSR count). The van der Waals surface area contributed by atoms with E-state index in [1.165, 1.54) is 0 Å². The largest absolute Gasteiger partial charge is 0.504 e. The van der Waals surface area contributed by atoms with Crippen molar-refractivity contribution in [3.8, 4) is 5.75 Å². The fourth-order valence-electron chi connectivity index (χ4n) is 0.997. The third-order valence-corrected chi connectivity index (χ3v) is 1.60. The summed E-state index contributed by atoms with van der Waals surface area (Å²) in [7, 11) is 0. The number of hydrogen-bond acceptors (Lipinski definition) is 3. The molecule has 1 heterocycles. The number of aromatic hydroxyl groups is 1. The van der Waals surface area contributed by atoms with Gasteiger partial charge in [0.1, 0.15) is 5.69 Å². The summed E-state index contributed by atoms with van der Waals surface area (Å²) < 4.78 is 0.704. The number of aromatic nitrogens is 2. The smallest absolute Gasteiger partial charge is 0.432 e. The predicted molar refractivity (Wildman–Crippen MR) is 46.0 cm³/mol. The second-order valence-corrected chi connectivity index (χ2v) is 3.84. The van der Waals surface area contributed by atoms with Crippen LogP contribution in [0.4, 0.5) is 4.79 Å². The van der Waals surface area contributed by atoms with Crippen molar-refractivity contribution in [2.75, 3.05) is 0 Å². The summed E-state index contributed by atoms with van der Waals surface area (Å²) >= 11 is 0. The molecule has 0 bridgehead atoms. The quantitative estimate of drug-likeness (QED) is 0.639. The van der Waals surface area contributed by atoms with Crippen LogP contribution in [-0.4, -0.2) is 26.1 Å². The zero-order valence-corrected chi connectivity index (χ0v) is 7.77. The minimum absolute atomic E-state index is 0.0881. The van der Waals surface area contributed by atoms with Gasteiger partial charge in [-0.15, -0.1) is 0 Å². The lowest BCUT2D eigenvalue weighted by Crippen LogP contribution is -2.15. The predicted octanol–water partition coefficient (Wildman–Crippen LogP) is 1.41. The van der Waals surface area contributed by atoms with Crippen LogP contribution in [0, 0.1) is 0 Å². The van der Waals surface area contributed by atoms with Crippen molar-refractivity contribution in [2.24, 2.45) is 0 Å². The first kappa shape index (κ1) is 9.57. The van der Waals surface area contributed by atoms with Crippen LogP contribution < -0.4 is 0 Å². The number of carbonyl (C=O) groups is 1. The van der Waals surface area contributed by atoms with Gasteiger partial charge in [0, 0.05) is 5.41 Å². The molecule has 0 radical (unpaired) electrons. The molecular weight excluding hydrogens is 172 g/mol. The highest BCUT2D eigenvalue weighted by atomic mass is 16.4. The van der Waals surface area contributed by atoms with E-state index in [1.807, 2.05) is 20.8 Å². The van der Waals surface area contributed by atoms with Crippen molar-refractivity contribution in [3.05, 3.63) is 11.9 Å². The molecule has 0 aliphatic rings. The lowest BCUT2D eigenvalue weighted by Gasteiger charge is -2.14. The molecular formula is C8H12N2O3. The Bertz CT molecular complexity index is 336. The third kappa shape index (κ3) is 1.80. The molecule has 0 aliphatic heterocycles. The first-order chi connectivity index (χ1) is 5.82. The highest BCUT2D eigenvalue weighted by molar-refractivity contribution is 5.67. The summed E-state index contributed by atoms with van der Waals surface area (Å²) in [6.45, 7) is 5.55. The Balaban J connectivity index is 3.18. The second kappa shape index (κ2) is 2.76. The third-order valence-electron chi connectivity index (χ3n) is 1.60. The van der Waals surface area contributed by atoms with E-state index < -0.39 is 6.09 Å². The van der Waals surface area contributed by atoms with Gasteiger partial charge in [-0.25, -0.2) is 4.79 Å². The summed E-state index contributed by atoms with van der Waals surface area (Å²) in [5, 5.41) is 21.7. The summed E-state index contributed by atoms with van der Waals surface area (Å²) in [4.78, 5) is 10.5. The molecule has 0 atom stereocenters. The Morgan fingerprint density at radius 3 is 2.31 bits per heavy atom. The standard InChI is InChI=1S/C8H12N2O3/c1-8(2,3)6-5(11)4-10(9-6)7(12)13/h4,11H,1-3H3,(H,12,13). The maximum atomic E-state index is 10.5. The molecule has 2 N–H and O–H groups in total. The second-order valence-electron chi connectivity index (χ2n) is 3.84. The van der Waals surface area contributed by atoms with Gasteiger partial charge in [-0.05, 0) is 0 Å². The molecule has 1 aromatic heterocycles. The number of nitrogens with zero attached hydrogens (tertiary/aromatic N) is 2. The van der Waals surface area contributed by atoms with E-state index in [9.17, 15) is 9.90 Å². The van der Waals surface area contributed by atoms with Gasteiger partial charge in [0.25, 0.3) is 0 Å². The molecule has 0 saturated carbocycles. The van der Waals surface area contributed by atoms with E-state index in [1.54, 1.807) is 0 Å². The molecule has 1 aromatic rings. The Hall–Kier alpha value is -1.52. The van der Waals surface area contributed by atoms with Crippen molar-refractivity contribution < 1.29 is 15.0 Å². The summed E-state index contributed by atoms with van der Waals surface area (Å²) in [5.74, 6) is -0.0881. The molecule has 5 nitrogen and oxygen atoms in total. The van der Waals surface area contributed by atoms with Gasteiger partial charge in [0.05, 0.1) is 6.20 Å². The SMILES string of the molecule is CC(C)(C)c1nn(C(=O)O)cc1O. The van der Waals surface area contributed by atoms with Crippen LogP contribution in [0.3, 0.4) is 0 Å². The molecule has 0 fully saturated rings. The van der Waals surface area contributed by atoms with Crippen LogP contribution in [0.2, 0.25) is 0 Å². The zero-order chi connectivity index (χ0) is 10.2. The normalized spacial score (nSPS) is 11.6. The van der Waals surface area contributed by atoms with Gasteiger partial charge in [-0.2, -0.15) is 9.78 Å². The molecule has 0 unspecified atom stereocenters. The van der Waals surface area contributed by atoms with Gasteiger partial charge in [-0.3, -0.25) is 0 Å². The maximum Gasteiger partial charge on any atom is 0.432 e. The molecule has 5 heteroatoms. The summed E-state index contributed by atoms with van der Waals surface area (Å²) in [6, 6.07) is 0. The summed E-state index contributed by atoms with van der Waals surface area (Å²) in [5.41, 5.74) is 0.0278. The molecule has 72 valence electrons. The van der Waals surface area contributed by atoms with Crippen LogP contribution >= 0.6 is 0 Å². The Morgan fingerprint density at radius 1 is 1.54 bits per heavy atom. The van der Waals surface area contributed by atoms with E-state index in [4.69, 9.17) is 5.11 Å². The van der Waals surface area contributed by atoms with E-state index in [0.29, 0.717) is 10.4 Å². The highest BCUT2D eigenvalue weighted by Crippen LogP contribution is 2.28. The van der Waals surface area contributed by atoms with E-state index in [-0.39, 0.29) is 11.2 Å². The molecule has 13 heavy (non-hydrogen) atoms. The Morgan fingerprint density at radius 2 is 2.08 bits per heavy atom. The van der Waals surface area contributed by atoms with Gasteiger partial charge >= 0.3 is 6.09 Å². The lowest BCUT2D eigenvalue weighted by molar-refractivity contribution is 0.192. The minimum Gasteiger partial charge on any atom is -0.504 e. The van der Waals surface area contributed by atoms with Crippen LogP contribution in [0.15, 0.2) is 6.20 Å². The lowest BCUT2D eigenvalue weighted by atomic mass is 9.92. The van der Waals surface area contributed by atoms with Crippen molar-refractivity contribution in [3.63, 3.8) is 0 Å². The first-order valence-corrected chi connectivity index (χ1v) is 3.85. The fourth-order valence-corrected chi connectivity index (χ4v) is 0.997. The minimum atomic E-state index is -1.20. The fraction of sp³-hybridized carbons (Fsp3) is 0.500. The topological polar surface area (TPSA) is 75.4 Å². The monoisotopic (exact) mass is 184 g/mol. The number of rotatable bonds is 0. The van der Waals surface area contributed by atoms with E-state index >= 15 is 0 Å². The molecule has 0 saturated heterocycles. The maximum absolute atomic E-state index is 10.5. The Labute approximate surface area is 75.6 Å². The average Bonchev–Trinajstić information content (AvgIpc) is 2.29. The van der Waals surface area contributed by atoms with Gasteiger partial charge < -0.3 is 10.2 Å². The highest BCUT2D eigenvalue weighted by Gasteiger charge is 2.23. The molecule has 0 amide bonds. The molecule has 0 aliphatic carbocycles. The van der Waals surface area contributed by atoms with Crippen molar-refractivity contribution in [2.45, 2.75) is 26.2 Å². The van der Waals surface area contributed by atoms with Crippen LogP contribution in [0.1, 0.15) is 26.5 Å². The van der Waals surface area contributed by atoms with Gasteiger partial charge in [-0.1, -0.05) is 20.8 Å². The van der Waals surface area contributed by atoms with Crippen molar-refractivity contribution in [1.82, 2.24) is 9.78 Å². The Kier molecular flexibility index (Phi) is 2.03. The summed E-state index contributed by atoms with van der Waals surface area (Å²) in [6.07, 6.45) is -0.117. The molecule has 0 aromatic carbocycles. The first-order valence-electron chi connectivity index (χ1n) is 3.85. The van der Waals surface area contributed by atoms with Gasteiger partial charge in [0.15, 0.2) is 5.75 Å². The van der Waals surface area contributed by atoms with E-state index in [0.717, 1.165) is 6.20 Å². The molecule has 0 spiro atoms. The van der Waals surface area contributed by atoms with Gasteiger partial charge in [0.2, 0.25) is 0 Å². The van der Waals surface area contributed by atoms with Crippen molar-refractivity contribution in [1.29, 1.82) is 0 Å². The zero-order valence-electron chi connectivity index (χ0n) is 7.77. The van der Waals surface area contributed by atoms with Crippen LogP contribution in [0.25, 0.3) is 0 Å². The van der Waals surface area contributed by atoms with Crippen LogP contribution in [0.5, 0.6) is 5.75 Å². The number of carboxylic acid groups (broad SMARTS) is 1. The van der Waals surface area contributed by atoms with Crippen LogP contribution in [-0.2, 0) is 5.41 Å². The average molecular weight is 184 g/mol.